The lowest BCUT2D eigenvalue weighted by atomic mass is 10.3. The van der Waals surface area contributed by atoms with Gasteiger partial charge in [0.05, 0.1) is 21.9 Å². The molecule has 0 spiro atoms. The fourth-order valence-electron chi connectivity index (χ4n) is 1.88. The Labute approximate surface area is 145 Å². The molecule has 0 aliphatic rings. The van der Waals surface area contributed by atoms with Crippen molar-refractivity contribution in [2.24, 2.45) is 0 Å². The maximum absolute atomic E-state index is 13.7. The number of benzene rings is 2. The Morgan fingerprint density at radius 1 is 0.917 bits per heavy atom. The van der Waals surface area contributed by atoms with E-state index in [0.29, 0.717) is 15.7 Å². The Balaban J connectivity index is 1.86. The Morgan fingerprint density at radius 3 is 2.38 bits per heavy atom. The zero-order valence-corrected chi connectivity index (χ0v) is 13.4. The molecule has 0 fully saturated rings. The van der Waals surface area contributed by atoms with Crippen LogP contribution in [0.4, 0.5) is 31.9 Å². The van der Waals surface area contributed by atoms with Crippen LogP contribution < -0.4 is 10.6 Å². The molecule has 3 rings (SSSR count). The minimum absolute atomic E-state index is 0.0842. The average molecular weight is 368 g/mol. The first-order chi connectivity index (χ1) is 11.5. The highest BCUT2D eigenvalue weighted by Gasteiger charge is 2.11. The van der Waals surface area contributed by atoms with Gasteiger partial charge in [0.2, 0.25) is 5.95 Å². The summed E-state index contributed by atoms with van der Waals surface area (Å²) < 4.78 is 27.3. The second-order valence-electron chi connectivity index (χ2n) is 4.61. The molecule has 5 nitrogen and oxygen atoms in total. The second-order valence-corrected chi connectivity index (χ2v) is 5.40. The summed E-state index contributed by atoms with van der Waals surface area (Å²) in [6.07, 6.45) is 1.23. The van der Waals surface area contributed by atoms with Gasteiger partial charge in [-0.1, -0.05) is 35.3 Å². The van der Waals surface area contributed by atoms with E-state index >= 15 is 0 Å². The number of aromatic nitrogens is 3. The summed E-state index contributed by atoms with van der Waals surface area (Å²) in [5.74, 6) is -1.31. The Kier molecular flexibility index (Phi) is 4.73. The third kappa shape index (κ3) is 3.52. The molecule has 0 radical (unpaired) electrons. The summed E-state index contributed by atoms with van der Waals surface area (Å²) >= 11 is 12.0. The third-order valence-electron chi connectivity index (χ3n) is 2.97. The van der Waals surface area contributed by atoms with Crippen LogP contribution in [0.15, 0.2) is 42.6 Å². The van der Waals surface area contributed by atoms with Crippen molar-refractivity contribution in [1.29, 1.82) is 0 Å². The van der Waals surface area contributed by atoms with Crippen LogP contribution in [0.25, 0.3) is 0 Å². The standard InChI is InChI=1S/C15H9Cl2F2N5/c16-8-3-1-6-11(13(8)17)21-15-23-12(7-20-24-15)22-14-9(18)4-2-5-10(14)19/h1-7H,(H2,21,22,23,24). The quantitative estimate of drug-likeness (QED) is 0.683. The summed E-state index contributed by atoms with van der Waals surface area (Å²) in [4.78, 5) is 4.09. The van der Waals surface area contributed by atoms with Crippen LogP contribution in [-0.2, 0) is 0 Å². The summed E-state index contributed by atoms with van der Waals surface area (Å²) in [7, 11) is 0. The van der Waals surface area contributed by atoms with E-state index in [-0.39, 0.29) is 17.5 Å². The molecule has 0 atom stereocenters. The Bertz CT molecular complexity index is 871. The Hall–Kier alpha value is -2.51. The van der Waals surface area contributed by atoms with Gasteiger partial charge in [-0.05, 0) is 24.3 Å². The molecule has 0 amide bonds. The van der Waals surface area contributed by atoms with Crippen LogP contribution in [-0.4, -0.2) is 15.2 Å². The van der Waals surface area contributed by atoms with Gasteiger partial charge in [-0.15, -0.1) is 5.10 Å². The summed E-state index contributed by atoms with van der Waals surface area (Å²) in [5, 5.41) is 13.5. The molecule has 24 heavy (non-hydrogen) atoms. The van der Waals surface area contributed by atoms with Crippen LogP contribution in [0, 0.1) is 11.6 Å². The normalized spacial score (nSPS) is 10.5. The van der Waals surface area contributed by atoms with Gasteiger partial charge in [0.25, 0.3) is 0 Å². The lowest BCUT2D eigenvalue weighted by molar-refractivity contribution is 0.590. The van der Waals surface area contributed by atoms with Gasteiger partial charge >= 0.3 is 0 Å². The van der Waals surface area contributed by atoms with Crippen LogP contribution in [0.5, 0.6) is 0 Å². The van der Waals surface area contributed by atoms with Crippen molar-refractivity contribution < 1.29 is 8.78 Å². The van der Waals surface area contributed by atoms with Crippen LogP contribution >= 0.6 is 23.2 Å². The number of hydrogen-bond acceptors (Lipinski definition) is 5. The third-order valence-corrected chi connectivity index (χ3v) is 3.79. The van der Waals surface area contributed by atoms with Crippen LogP contribution in [0.3, 0.4) is 0 Å². The van der Waals surface area contributed by atoms with Crippen molar-refractivity contribution in [3.8, 4) is 0 Å². The van der Waals surface area contributed by atoms with Crippen LogP contribution in [0.2, 0.25) is 10.0 Å². The zero-order valence-electron chi connectivity index (χ0n) is 11.9. The van der Waals surface area contributed by atoms with E-state index in [1.165, 1.54) is 12.3 Å². The summed E-state index contributed by atoms with van der Waals surface area (Å²) in [6, 6.07) is 8.53. The molecule has 3 aromatic rings. The largest absolute Gasteiger partial charge is 0.334 e. The molecule has 9 heteroatoms. The smallest absolute Gasteiger partial charge is 0.249 e. The van der Waals surface area contributed by atoms with E-state index in [9.17, 15) is 8.78 Å². The minimum Gasteiger partial charge on any atom is -0.334 e. The highest BCUT2D eigenvalue weighted by molar-refractivity contribution is 6.43. The van der Waals surface area contributed by atoms with Crippen molar-refractivity contribution >= 4 is 46.3 Å². The van der Waals surface area contributed by atoms with E-state index in [4.69, 9.17) is 23.2 Å². The number of para-hydroxylation sites is 1. The molecule has 1 heterocycles. The molecule has 0 aliphatic heterocycles. The van der Waals surface area contributed by atoms with Crippen molar-refractivity contribution in [1.82, 2.24) is 15.2 Å². The zero-order chi connectivity index (χ0) is 17.1. The first kappa shape index (κ1) is 16.4. The fourth-order valence-corrected chi connectivity index (χ4v) is 2.23. The molecule has 0 aliphatic carbocycles. The van der Waals surface area contributed by atoms with E-state index in [1.54, 1.807) is 18.2 Å². The molecule has 2 aromatic carbocycles. The molecular weight excluding hydrogens is 359 g/mol. The van der Waals surface area contributed by atoms with Crippen LogP contribution in [0.1, 0.15) is 0 Å². The van der Waals surface area contributed by atoms with Crippen molar-refractivity contribution in [2.45, 2.75) is 0 Å². The average Bonchev–Trinajstić information content (AvgIpc) is 2.56. The predicted molar refractivity (Wildman–Crippen MR) is 89.2 cm³/mol. The molecule has 0 saturated carbocycles. The van der Waals surface area contributed by atoms with Gasteiger partial charge in [-0.2, -0.15) is 10.1 Å². The SMILES string of the molecule is Fc1cccc(F)c1Nc1cnnc(Nc2cccc(Cl)c2Cl)n1. The molecular formula is C15H9Cl2F2N5. The van der Waals surface area contributed by atoms with Gasteiger partial charge in [0.15, 0.2) is 5.82 Å². The molecule has 0 saturated heterocycles. The van der Waals surface area contributed by atoms with Gasteiger partial charge in [-0.3, -0.25) is 0 Å². The lowest BCUT2D eigenvalue weighted by Crippen LogP contribution is -2.04. The monoisotopic (exact) mass is 367 g/mol. The molecule has 0 unspecified atom stereocenters. The topological polar surface area (TPSA) is 62.7 Å². The van der Waals surface area contributed by atoms with E-state index in [0.717, 1.165) is 12.1 Å². The highest BCUT2D eigenvalue weighted by atomic mass is 35.5. The molecule has 122 valence electrons. The summed E-state index contributed by atoms with van der Waals surface area (Å²) in [5.41, 5.74) is 0.143. The Morgan fingerprint density at radius 2 is 1.62 bits per heavy atom. The fraction of sp³-hybridized carbons (Fsp3) is 0. The predicted octanol–water partition coefficient (Wildman–Crippen LogP) is 4.94. The first-order valence-corrected chi connectivity index (χ1v) is 7.42. The van der Waals surface area contributed by atoms with Crippen molar-refractivity contribution in [2.75, 3.05) is 10.6 Å². The number of halogens is 4. The van der Waals surface area contributed by atoms with Gasteiger partial charge in [-0.25, -0.2) is 8.78 Å². The molecule has 1 aromatic heterocycles. The lowest BCUT2D eigenvalue weighted by Gasteiger charge is -2.10. The van der Waals surface area contributed by atoms with Gasteiger partial charge in [0.1, 0.15) is 17.3 Å². The number of nitrogens with zero attached hydrogens (tertiary/aromatic N) is 3. The molecule has 0 bridgehead atoms. The maximum atomic E-state index is 13.7. The van der Waals surface area contributed by atoms with E-state index in [2.05, 4.69) is 25.8 Å². The number of anilines is 4. The highest BCUT2D eigenvalue weighted by Crippen LogP contribution is 2.31. The van der Waals surface area contributed by atoms with Crippen molar-refractivity contribution in [3.05, 3.63) is 64.3 Å². The minimum atomic E-state index is -0.749. The molecule has 2 N–H and O–H groups in total. The van der Waals surface area contributed by atoms with Gasteiger partial charge < -0.3 is 10.6 Å². The number of hydrogen-bond donors (Lipinski definition) is 2. The number of rotatable bonds is 4. The summed E-state index contributed by atoms with van der Waals surface area (Å²) in [6.45, 7) is 0. The van der Waals surface area contributed by atoms with E-state index in [1.807, 2.05) is 0 Å². The van der Waals surface area contributed by atoms with Crippen molar-refractivity contribution in [3.63, 3.8) is 0 Å². The second kappa shape index (κ2) is 6.94. The first-order valence-electron chi connectivity index (χ1n) is 6.66. The maximum Gasteiger partial charge on any atom is 0.249 e. The number of nitrogens with one attached hydrogen (secondary N) is 2. The van der Waals surface area contributed by atoms with E-state index < -0.39 is 11.6 Å². The van der Waals surface area contributed by atoms with Gasteiger partial charge in [0, 0.05) is 0 Å².